The largest absolute Gasteiger partial charge is 0.354 e. The van der Waals surface area contributed by atoms with Crippen molar-refractivity contribution in [1.82, 2.24) is 19.4 Å². The third kappa shape index (κ3) is 2.44. The van der Waals surface area contributed by atoms with Crippen LogP contribution in [0.3, 0.4) is 0 Å². The van der Waals surface area contributed by atoms with Crippen molar-refractivity contribution in [1.29, 1.82) is 0 Å². The van der Waals surface area contributed by atoms with Crippen LogP contribution >= 0.6 is 0 Å². The van der Waals surface area contributed by atoms with E-state index >= 15 is 0 Å². The van der Waals surface area contributed by atoms with Crippen molar-refractivity contribution >= 4 is 40.7 Å². The first-order valence-corrected chi connectivity index (χ1v) is 7.83. The number of fused-ring (bicyclic) bond motifs is 8. The van der Waals surface area contributed by atoms with Gasteiger partial charge in [0.2, 0.25) is 0 Å². The highest BCUT2D eigenvalue weighted by molar-refractivity contribution is 5.76. The van der Waals surface area contributed by atoms with Gasteiger partial charge >= 0.3 is 0 Å². The first kappa shape index (κ1) is 13.1. The van der Waals surface area contributed by atoms with Crippen LogP contribution in [0.25, 0.3) is 40.7 Å². The highest BCUT2D eigenvalue weighted by atomic mass is 14.8. The molecule has 3 aromatic rings. The van der Waals surface area contributed by atoms with Crippen LogP contribution in [0, 0.1) is 0 Å². The summed E-state index contributed by atoms with van der Waals surface area (Å²) in [5.41, 5.74) is 5.80. The Balaban J connectivity index is 1.85. The Morgan fingerprint density at radius 2 is 1.33 bits per heavy atom. The third-order valence-electron chi connectivity index (χ3n) is 4.04. The molecule has 4 heteroatoms. The highest BCUT2D eigenvalue weighted by Crippen LogP contribution is 2.16. The fourth-order valence-corrected chi connectivity index (χ4v) is 2.94. The normalized spacial score (nSPS) is 12.7. The molecule has 0 amide bonds. The standard InChI is InChI=1S/C20H14N4/c1-2-16-10-17-3-4-18(22-17)11-19-5-6-20(23-19)13-24-8-7-14(12-24)9-15(1)21-16/h1-13,23H. The Labute approximate surface area is 138 Å². The van der Waals surface area contributed by atoms with E-state index in [1.165, 1.54) is 0 Å². The minimum absolute atomic E-state index is 0.919. The second kappa shape index (κ2) is 5.06. The summed E-state index contributed by atoms with van der Waals surface area (Å²) >= 11 is 0. The van der Waals surface area contributed by atoms with Crippen molar-refractivity contribution in [2.75, 3.05) is 0 Å². The maximum Gasteiger partial charge on any atom is 0.0659 e. The molecule has 0 radical (unpaired) electrons. The average molecular weight is 310 g/mol. The molecule has 0 saturated carbocycles. The minimum atomic E-state index is 0.919. The van der Waals surface area contributed by atoms with E-state index in [0.29, 0.717) is 0 Å². The first-order valence-electron chi connectivity index (χ1n) is 7.83. The van der Waals surface area contributed by atoms with E-state index in [9.17, 15) is 0 Å². The van der Waals surface area contributed by atoms with E-state index < -0.39 is 0 Å². The second-order valence-electron chi connectivity index (χ2n) is 5.91. The Bertz CT molecular complexity index is 1070. The van der Waals surface area contributed by atoms with Crippen LogP contribution in [0.1, 0.15) is 22.8 Å². The summed E-state index contributed by atoms with van der Waals surface area (Å²) in [5, 5.41) is 1.12. The van der Waals surface area contributed by atoms with E-state index in [1.54, 1.807) is 0 Å². The lowest BCUT2D eigenvalue weighted by molar-refractivity contribution is 1.17. The van der Waals surface area contributed by atoms with Crippen LogP contribution in [-0.2, 0) is 0 Å². The van der Waals surface area contributed by atoms with Gasteiger partial charge in [-0.3, -0.25) is 0 Å². The number of rotatable bonds is 0. The lowest BCUT2D eigenvalue weighted by atomic mass is 10.3. The lowest BCUT2D eigenvalue weighted by Gasteiger charge is -1.86. The Morgan fingerprint density at radius 1 is 0.667 bits per heavy atom. The molecule has 114 valence electrons. The van der Waals surface area contributed by atoms with Gasteiger partial charge in [-0.2, -0.15) is 0 Å². The van der Waals surface area contributed by atoms with Gasteiger partial charge in [-0.25, -0.2) is 9.97 Å². The van der Waals surface area contributed by atoms with Crippen LogP contribution in [0.15, 0.2) is 55.0 Å². The molecule has 5 heterocycles. The fourth-order valence-electron chi connectivity index (χ4n) is 2.94. The van der Waals surface area contributed by atoms with E-state index in [-0.39, 0.29) is 0 Å². The van der Waals surface area contributed by atoms with Crippen LogP contribution in [0.5, 0.6) is 0 Å². The molecule has 8 bridgehead atoms. The number of hydrogen-bond acceptors (Lipinski definition) is 2. The van der Waals surface area contributed by atoms with Crippen molar-refractivity contribution in [3.63, 3.8) is 0 Å². The zero-order chi connectivity index (χ0) is 15.9. The Hall–Kier alpha value is -3.40. The molecule has 0 aliphatic carbocycles. The van der Waals surface area contributed by atoms with Gasteiger partial charge < -0.3 is 9.38 Å². The number of nitrogens with zero attached hydrogens (tertiary/aromatic N) is 3. The molecular formula is C20H14N4. The van der Waals surface area contributed by atoms with Crippen molar-refractivity contribution in [2.45, 2.75) is 0 Å². The summed E-state index contributed by atoms with van der Waals surface area (Å²) in [4.78, 5) is 12.6. The molecule has 24 heavy (non-hydrogen) atoms. The number of nitrogens with one attached hydrogen (secondary N) is 1. The molecule has 3 aromatic heterocycles. The van der Waals surface area contributed by atoms with Gasteiger partial charge in [-0.15, -0.1) is 0 Å². The molecular weight excluding hydrogens is 296 g/mol. The zero-order valence-corrected chi connectivity index (χ0v) is 12.8. The number of H-pyrrole nitrogens is 1. The van der Waals surface area contributed by atoms with Gasteiger partial charge in [0.25, 0.3) is 0 Å². The Morgan fingerprint density at radius 3 is 2.12 bits per heavy atom. The molecule has 2 aliphatic heterocycles. The smallest absolute Gasteiger partial charge is 0.0659 e. The number of aromatic nitrogens is 4. The quantitative estimate of drug-likeness (QED) is 0.460. The average Bonchev–Trinajstić information content (AvgIpc) is 3.32. The summed E-state index contributed by atoms with van der Waals surface area (Å²) < 4.78 is 2.04. The first-order chi connectivity index (χ1) is 11.8. The van der Waals surface area contributed by atoms with E-state index in [2.05, 4.69) is 51.6 Å². The van der Waals surface area contributed by atoms with Gasteiger partial charge in [-0.05, 0) is 66.1 Å². The van der Waals surface area contributed by atoms with Gasteiger partial charge in [0.05, 0.1) is 28.3 Å². The fraction of sp³-hybridized carbons (Fsp3) is 0. The summed E-state index contributed by atoms with van der Waals surface area (Å²) in [5.74, 6) is 0. The molecule has 2 aliphatic rings. The molecule has 0 saturated heterocycles. The van der Waals surface area contributed by atoms with Crippen molar-refractivity contribution in [2.24, 2.45) is 0 Å². The SMILES string of the molecule is C1=Cc2cc3ccn(c3)cc3ccc(cc4nc(cc1n2)C=C4)[nH]3. The van der Waals surface area contributed by atoms with Gasteiger partial charge in [0.15, 0.2) is 0 Å². The topological polar surface area (TPSA) is 46.0 Å². The molecule has 0 unspecified atom stereocenters. The summed E-state index contributed by atoms with van der Waals surface area (Å²) in [7, 11) is 0. The molecule has 4 nitrogen and oxygen atoms in total. The highest BCUT2D eigenvalue weighted by Gasteiger charge is 2.02. The van der Waals surface area contributed by atoms with Crippen LogP contribution < -0.4 is 0 Å². The van der Waals surface area contributed by atoms with E-state index in [1.807, 2.05) is 47.0 Å². The Kier molecular flexibility index (Phi) is 2.76. The van der Waals surface area contributed by atoms with E-state index in [4.69, 9.17) is 0 Å². The molecule has 0 fully saturated rings. The van der Waals surface area contributed by atoms with Crippen LogP contribution in [0.2, 0.25) is 0 Å². The van der Waals surface area contributed by atoms with Crippen LogP contribution in [0.4, 0.5) is 0 Å². The minimum Gasteiger partial charge on any atom is -0.354 e. The lowest BCUT2D eigenvalue weighted by Crippen LogP contribution is -1.77. The summed E-state index contributed by atoms with van der Waals surface area (Å²) in [6.45, 7) is 0. The third-order valence-corrected chi connectivity index (χ3v) is 4.04. The van der Waals surface area contributed by atoms with E-state index in [0.717, 1.165) is 39.2 Å². The van der Waals surface area contributed by atoms with Crippen molar-refractivity contribution in [3.05, 3.63) is 77.8 Å². The number of hydrogen-bond donors (Lipinski definition) is 1. The molecule has 5 rings (SSSR count). The van der Waals surface area contributed by atoms with Crippen molar-refractivity contribution in [3.8, 4) is 0 Å². The van der Waals surface area contributed by atoms with Gasteiger partial charge in [0.1, 0.15) is 0 Å². The zero-order valence-electron chi connectivity index (χ0n) is 12.8. The maximum absolute atomic E-state index is 4.63. The summed E-state index contributed by atoms with van der Waals surface area (Å²) in [6, 6.07) is 12.3. The monoisotopic (exact) mass is 310 g/mol. The predicted octanol–water partition coefficient (Wildman–Crippen LogP) is 4.43. The predicted molar refractivity (Wildman–Crippen MR) is 98.0 cm³/mol. The van der Waals surface area contributed by atoms with Crippen molar-refractivity contribution < 1.29 is 0 Å². The number of aromatic amines is 1. The second-order valence-corrected chi connectivity index (χ2v) is 5.91. The van der Waals surface area contributed by atoms with Gasteiger partial charge in [-0.1, -0.05) is 0 Å². The van der Waals surface area contributed by atoms with Gasteiger partial charge in [0, 0.05) is 24.1 Å². The van der Waals surface area contributed by atoms with Crippen LogP contribution in [-0.4, -0.2) is 19.4 Å². The molecule has 0 spiro atoms. The molecule has 0 aromatic carbocycles. The summed E-state index contributed by atoms with van der Waals surface area (Å²) in [6.07, 6.45) is 14.2. The molecule has 1 N–H and O–H groups in total. The molecule has 0 atom stereocenters. The maximum atomic E-state index is 4.63.